The van der Waals surface area contributed by atoms with Crippen LogP contribution >= 0.6 is 11.3 Å². The van der Waals surface area contributed by atoms with E-state index >= 15 is 0 Å². The first-order valence-electron chi connectivity index (χ1n) is 4.19. The Morgan fingerprint density at radius 1 is 1.50 bits per heavy atom. The molecule has 1 rings (SSSR count). The van der Waals surface area contributed by atoms with Gasteiger partial charge in [0.25, 0.3) is 0 Å². The topological polar surface area (TPSA) is 38.9 Å². The van der Waals surface area contributed by atoms with E-state index in [1.165, 1.54) is 0 Å². The number of anilines is 1. The van der Waals surface area contributed by atoms with Crippen molar-refractivity contribution in [2.75, 3.05) is 5.73 Å². The Labute approximate surface area is 77.1 Å². The molecule has 3 heteroatoms. The van der Waals surface area contributed by atoms with Gasteiger partial charge in [0.1, 0.15) is 5.82 Å². The van der Waals surface area contributed by atoms with Crippen LogP contribution in [-0.2, 0) is 6.42 Å². The summed E-state index contributed by atoms with van der Waals surface area (Å²) in [4.78, 5) is 5.32. The molecule has 0 aliphatic rings. The first-order chi connectivity index (χ1) is 5.77. The Bertz CT molecular complexity index is 276. The molecule has 0 atom stereocenters. The molecule has 1 aromatic rings. The standard InChI is InChI=1S/C9H14N2S/c1-3-5-6-7-9(10)11-8(4-2)12-7/h5-6H,3-4,10H2,1-2H3/b6-5+. The summed E-state index contributed by atoms with van der Waals surface area (Å²) in [6, 6.07) is 0. The Morgan fingerprint density at radius 2 is 2.25 bits per heavy atom. The largest absolute Gasteiger partial charge is 0.382 e. The highest BCUT2D eigenvalue weighted by atomic mass is 32.1. The second kappa shape index (κ2) is 4.26. The van der Waals surface area contributed by atoms with Crippen molar-refractivity contribution in [2.45, 2.75) is 26.7 Å². The summed E-state index contributed by atoms with van der Waals surface area (Å²) in [5, 5.41) is 1.11. The summed E-state index contributed by atoms with van der Waals surface area (Å²) in [5.41, 5.74) is 5.71. The number of rotatable bonds is 3. The lowest BCUT2D eigenvalue weighted by Gasteiger charge is -1.84. The Balaban J connectivity index is 2.84. The predicted molar refractivity (Wildman–Crippen MR) is 55.2 cm³/mol. The van der Waals surface area contributed by atoms with Crippen molar-refractivity contribution in [1.29, 1.82) is 0 Å². The normalized spacial score (nSPS) is 11.2. The maximum Gasteiger partial charge on any atom is 0.142 e. The van der Waals surface area contributed by atoms with E-state index in [0.29, 0.717) is 5.82 Å². The number of aromatic nitrogens is 1. The lowest BCUT2D eigenvalue weighted by Crippen LogP contribution is -1.86. The smallest absolute Gasteiger partial charge is 0.142 e. The molecule has 1 aromatic heterocycles. The SMILES string of the molecule is CC/C=C/c1sc(CC)nc1N. The number of aryl methyl sites for hydroxylation is 1. The maximum atomic E-state index is 5.71. The average Bonchev–Trinajstić information content (AvgIpc) is 2.43. The molecule has 0 amide bonds. The summed E-state index contributed by atoms with van der Waals surface area (Å²) < 4.78 is 0. The van der Waals surface area contributed by atoms with Crippen LogP contribution in [0.2, 0.25) is 0 Å². The van der Waals surface area contributed by atoms with Gasteiger partial charge in [-0.2, -0.15) is 0 Å². The van der Waals surface area contributed by atoms with Crippen molar-refractivity contribution in [2.24, 2.45) is 0 Å². The van der Waals surface area contributed by atoms with Gasteiger partial charge in [0.05, 0.1) is 9.88 Å². The van der Waals surface area contributed by atoms with Crippen LogP contribution in [0.25, 0.3) is 6.08 Å². The Morgan fingerprint density at radius 3 is 2.75 bits per heavy atom. The van der Waals surface area contributed by atoms with E-state index in [2.05, 4.69) is 24.9 Å². The molecular formula is C9H14N2S. The van der Waals surface area contributed by atoms with E-state index in [1.54, 1.807) is 11.3 Å². The van der Waals surface area contributed by atoms with Crippen LogP contribution in [0.1, 0.15) is 30.2 Å². The molecule has 0 unspecified atom stereocenters. The lowest BCUT2D eigenvalue weighted by molar-refractivity contribution is 1.10. The molecule has 66 valence electrons. The van der Waals surface area contributed by atoms with Crippen LogP contribution in [0, 0.1) is 0 Å². The van der Waals surface area contributed by atoms with Gasteiger partial charge >= 0.3 is 0 Å². The zero-order valence-corrected chi connectivity index (χ0v) is 8.32. The van der Waals surface area contributed by atoms with E-state index in [9.17, 15) is 0 Å². The molecule has 12 heavy (non-hydrogen) atoms. The minimum Gasteiger partial charge on any atom is -0.382 e. The fourth-order valence-electron chi connectivity index (χ4n) is 0.887. The lowest BCUT2D eigenvalue weighted by atomic mass is 10.4. The maximum absolute atomic E-state index is 5.71. The van der Waals surface area contributed by atoms with Crippen molar-refractivity contribution in [3.63, 3.8) is 0 Å². The van der Waals surface area contributed by atoms with Gasteiger partial charge in [-0.3, -0.25) is 0 Å². The van der Waals surface area contributed by atoms with E-state index in [0.717, 1.165) is 22.7 Å². The first kappa shape index (κ1) is 9.26. The van der Waals surface area contributed by atoms with Gasteiger partial charge in [-0.25, -0.2) is 4.98 Å². The number of thiazole rings is 1. The highest BCUT2D eigenvalue weighted by molar-refractivity contribution is 7.13. The molecule has 2 N–H and O–H groups in total. The highest BCUT2D eigenvalue weighted by Crippen LogP contribution is 2.22. The average molecular weight is 182 g/mol. The zero-order chi connectivity index (χ0) is 8.97. The highest BCUT2D eigenvalue weighted by Gasteiger charge is 2.02. The Kier molecular flexibility index (Phi) is 3.29. The van der Waals surface area contributed by atoms with Gasteiger partial charge in [0.2, 0.25) is 0 Å². The van der Waals surface area contributed by atoms with Crippen LogP contribution in [-0.4, -0.2) is 4.98 Å². The molecule has 0 fully saturated rings. The molecule has 1 heterocycles. The number of nitrogens with two attached hydrogens (primary N) is 1. The van der Waals surface area contributed by atoms with E-state index in [4.69, 9.17) is 5.73 Å². The zero-order valence-electron chi connectivity index (χ0n) is 7.50. The van der Waals surface area contributed by atoms with Crippen LogP contribution in [0.3, 0.4) is 0 Å². The van der Waals surface area contributed by atoms with Crippen molar-refractivity contribution in [1.82, 2.24) is 4.98 Å². The number of hydrogen-bond donors (Lipinski definition) is 1. The molecular weight excluding hydrogens is 168 g/mol. The molecule has 0 saturated heterocycles. The van der Waals surface area contributed by atoms with Crippen molar-refractivity contribution >= 4 is 23.2 Å². The number of nitrogens with zero attached hydrogens (tertiary/aromatic N) is 1. The van der Waals surface area contributed by atoms with Crippen LogP contribution in [0.4, 0.5) is 5.82 Å². The molecule has 0 saturated carbocycles. The summed E-state index contributed by atoms with van der Waals surface area (Å²) >= 11 is 1.68. The van der Waals surface area contributed by atoms with E-state index in [1.807, 2.05) is 6.08 Å². The second-order valence-corrected chi connectivity index (χ2v) is 3.64. The van der Waals surface area contributed by atoms with Gasteiger partial charge < -0.3 is 5.73 Å². The molecule has 0 aliphatic heterocycles. The molecule has 0 radical (unpaired) electrons. The molecule has 2 nitrogen and oxygen atoms in total. The third-order valence-electron chi connectivity index (χ3n) is 1.53. The Hall–Kier alpha value is -0.830. The van der Waals surface area contributed by atoms with Gasteiger partial charge in [-0.1, -0.05) is 19.9 Å². The predicted octanol–water partition coefficient (Wildman–Crippen LogP) is 2.71. The van der Waals surface area contributed by atoms with Crippen molar-refractivity contribution in [3.05, 3.63) is 16.0 Å². The monoisotopic (exact) mass is 182 g/mol. The minimum absolute atomic E-state index is 0.668. The van der Waals surface area contributed by atoms with Gasteiger partial charge in [0.15, 0.2) is 0 Å². The number of nitrogen functional groups attached to an aromatic ring is 1. The van der Waals surface area contributed by atoms with Gasteiger partial charge in [-0.15, -0.1) is 11.3 Å². The van der Waals surface area contributed by atoms with Crippen LogP contribution < -0.4 is 5.73 Å². The molecule has 0 bridgehead atoms. The summed E-state index contributed by atoms with van der Waals surface area (Å²) in [5.74, 6) is 0.668. The fraction of sp³-hybridized carbons (Fsp3) is 0.444. The van der Waals surface area contributed by atoms with Crippen molar-refractivity contribution < 1.29 is 0 Å². The van der Waals surface area contributed by atoms with Crippen LogP contribution in [0.5, 0.6) is 0 Å². The van der Waals surface area contributed by atoms with Gasteiger partial charge in [-0.05, 0) is 18.9 Å². The van der Waals surface area contributed by atoms with E-state index < -0.39 is 0 Å². The summed E-state index contributed by atoms with van der Waals surface area (Å²) in [7, 11) is 0. The van der Waals surface area contributed by atoms with Gasteiger partial charge in [0, 0.05) is 0 Å². The molecule has 0 spiro atoms. The molecule has 0 aliphatic carbocycles. The third-order valence-corrected chi connectivity index (χ3v) is 2.71. The second-order valence-electron chi connectivity index (χ2n) is 2.52. The fourth-order valence-corrected chi connectivity index (χ4v) is 1.74. The number of allylic oxidation sites excluding steroid dienone is 1. The summed E-state index contributed by atoms with van der Waals surface area (Å²) in [6.45, 7) is 4.19. The number of hydrogen-bond acceptors (Lipinski definition) is 3. The van der Waals surface area contributed by atoms with Crippen molar-refractivity contribution in [3.8, 4) is 0 Å². The quantitative estimate of drug-likeness (QED) is 0.780. The summed E-state index contributed by atoms with van der Waals surface area (Å²) in [6.07, 6.45) is 6.16. The minimum atomic E-state index is 0.668. The van der Waals surface area contributed by atoms with E-state index in [-0.39, 0.29) is 0 Å². The third kappa shape index (κ3) is 2.08. The first-order valence-corrected chi connectivity index (χ1v) is 5.01. The van der Waals surface area contributed by atoms with Crippen LogP contribution in [0.15, 0.2) is 6.08 Å². The molecule has 0 aromatic carbocycles.